The summed E-state index contributed by atoms with van der Waals surface area (Å²) in [5.74, 6) is -0.661. The molecule has 0 aliphatic rings. The minimum atomic E-state index is -0.884. The van der Waals surface area contributed by atoms with Crippen LogP contribution in [0.15, 0.2) is 12.4 Å². The molecular weight excluding hydrogens is 250 g/mol. The molecule has 0 saturated heterocycles. The average molecular weight is 269 g/mol. The molecule has 106 valence electrons. The Labute approximate surface area is 111 Å². The van der Waals surface area contributed by atoms with Gasteiger partial charge in [-0.05, 0) is 13.3 Å². The van der Waals surface area contributed by atoms with E-state index in [1.165, 1.54) is 25.1 Å². The van der Waals surface area contributed by atoms with Crippen molar-refractivity contribution in [2.75, 3.05) is 19.5 Å². The standard InChI is InChI=1S/C12H19N3O4/c1-5-12(2,19-4)11(17)14-9-6-13-15(7-9)8-10(16)18-3/h6-7H,5,8H2,1-4H3,(H,14,17). The van der Waals surface area contributed by atoms with Crippen LogP contribution in [0, 0.1) is 0 Å². The lowest BCUT2D eigenvalue weighted by Gasteiger charge is -2.24. The van der Waals surface area contributed by atoms with Gasteiger partial charge in [0.2, 0.25) is 0 Å². The fourth-order valence-corrected chi connectivity index (χ4v) is 1.37. The molecule has 1 unspecified atom stereocenters. The van der Waals surface area contributed by atoms with Crippen LogP contribution in [0.2, 0.25) is 0 Å². The van der Waals surface area contributed by atoms with Crippen LogP contribution in [0.4, 0.5) is 5.69 Å². The Kier molecular flexibility index (Phi) is 5.05. The summed E-state index contributed by atoms with van der Waals surface area (Å²) >= 11 is 0. The van der Waals surface area contributed by atoms with E-state index >= 15 is 0 Å². The summed E-state index contributed by atoms with van der Waals surface area (Å²) in [4.78, 5) is 23.1. The average Bonchev–Trinajstić information content (AvgIpc) is 2.84. The molecule has 7 heteroatoms. The molecule has 1 heterocycles. The molecule has 0 aliphatic heterocycles. The van der Waals surface area contributed by atoms with Crippen LogP contribution in [-0.2, 0) is 25.6 Å². The summed E-state index contributed by atoms with van der Waals surface area (Å²) in [5, 5.41) is 6.65. The van der Waals surface area contributed by atoms with Gasteiger partial charge in [0.05, 0.1) is 19.0 Å². The first-order chi connectivity index (χ1) is 8.95. The molecule has 1 aromatic heterocycles. The Morgan fingerprint density at radius 3 is 2.68 bits per heavy atom. The summed E-state index contributed by atoms with van der Waals surface area (Å²) in [6, 6.07) is 0. The molecule has 1 amide bonds. The number of aromatic nitrogens is 2. The number of amides is 1. The van der Waals surface area contributed by atoms with Crippen molar-refractivity contribution in [3.63, 3.8) is 0 Å². The summed E-state index contributed by atoms with van der Waals surface area (Å²) < 4.78 is 11.1. The number of esters is 1. The highest BCUT2D eigenvalue weighted by Gasteiger charge is 2.31. The highest BCUT2D eigenvalue weighted by molar-refractivity contribution is 5.96. The number of nitrogens with one attached hydrogen (secondary N) is 1. The molecule has 0 spiro atoms. The first-order valence-corrected chi connectivity index (χ1v) is 5.91. The molecule has 0 radical (unpaired) electrons. The van der Waals surface area contributed by atoms with Gasteiger partial charge < -0.3 is 14.8 Å². The summed E-state index contributed by atoms with van der Waals surface area (Å²) in [7, 11) is 2.80. The Bertz CT molecular complexity index is 452. The molecule has 0 bridgehead atoms. The Morgan fingerprint density at radius 2 is 2.16 bits per heavy atom. The maximum atomic E-state index is 12.0. The van der Waals surface area contributed by atoms with Crippen molar-refractivity contribution in [3.05, 3.63) is 12.4 Å². The van der Waals surface area contributed by atoms with Gasteiger partial charge in [-0.2, -0.15) is 5.10 Å². The number of carbonyl (C=O) groups is 2. The topological polar surface area (TPSA) is 82.5 Å². The van der Waals surface area contributed by atoms with E-state index in [1.54, 1.807) is 13.1 Å². The van der Waals surface area contributed by atoms with Crippen LogP contribution in [0.5, 0.6) is 0 Å². The predicted molar refractivity (Wildman–Crippen MR) is 68.6 cm³/mol. The smallest absolute Gasteiger partial charge is 0.327 e. The first kappa shape index (κ1) is 15.2. The minimum absolute atomic E-state index is 0.00168. The first-order valence-electron chi connectivity index (χ1n) is 5.91. The van der Waals surface area contributed by atoms with Gasteiger partial charge in [-0.1, -0.05) is 6.92 Å². The quantitative estimate of drug-likeness (QED) is 0.773. The second-order valence-electron chi connectivity index (χ2n) is 4.25. The second-order valence-corrected chi connectivity index (χ2v) is 4.25. The van der Waals surface area contributed by atoms with Crippen molar-refractivity contribution in [2.24, 2.45) is 0 Å². The van der Waals surface area contributed by atoms with Crippen LogP contribution >= 0.6 is 0 Å². The Balaban J connectivity index is 2.68. The van der Waals surface area contributed by atoms with Crippen molar-refractivity contribution in [2.45, 2.75) is 32.4 Å². The molecule has 1 rings (SSSR count). The molecule has 0 aromatic carbocycles. The molecule has 0 aliphatic carbocycles. The second kappa shape index (κ2) is 6.33. The normalized spacial score (nSPS) is 13.7. The highest BCUT2D eigenvalue weighted by Crippen LogP contribution is 2.17. The van der Waals surface area contributed by atoms with Gasteiger partial charge in [-0.15, -0.1) is 0 Å². The lowest BCUT2D eigenvalue weighted by atomic mass is 10.0. The summed E-state index contributed by atoms with van der Waals surface area (Å²) in [6.07, 6.45) is 3.57. The molecular formula is C12H19N3O4. The maximum absolute atomic E-state index is 12.0. The Morgan fingerprint density at radius 1 is 1.47 bits per heavy atom. The zero-order chi connectivity index (χ0) is 14.5. The Hall–Kier alpha value is -1.89. The number of hydrogen-bond acceptors (Lipinski definition) is 5. The van der Waals surface area contributed by atoms with Crippen molar-refractivity contribution < 1.29 is 19.1 Å². The molecule has 0 fully saturated rings. The van der Waals surface area contributed by atoms with Gasteiger partial charge in [0, 0.05) is 13.3 Å². The number of methoxy groups -OCH3 is 2. The molecule has 1 aromatic rings. The maximum Gasteiger partial charge on any atom is 0.327 e. The van der Waals surface area contributed by atoms with Crippen LogP contribution in [-0.4, -0.2) is 41.5 Å². The largest absolute Gasteiger partial charge is 0.468 e. The fourth-order valence-electron chi connectivity index (χ4n) is 1.37. The lowest BCUT2D eigenvalue weighted by molar-refractivity contribution is -0.141. The van der Waals surface area contributed by atoms with Crippen molar-refractivity contribution in [1.82, 2.24) is 9.78 Å². The molecule has 1 N–H and O–H groups in total. The van der Waals surface area contributed by atoms with E-state index < -0.39 is 11.6 Å². The van der Waals surface area contributed by atoms with Gasteiger partial charge in [-0.3, -0.25) is 14.3 Å². The molecule has 19 heavy (non-hydrogen) atoms. The fraction of sp³-hybridized carbons (Fsp3) is 0.583. The molecule has 1 atom stereocenters. The zero-order valence-electron chi connectivity index (χ0n) is 11.6. The predicted octanol–water partition coefficient (Wildman–Crippen LogP) is 0.810. The van der Waals surface area contributed by atoms with E-state index in [-0.39, 0.29) is 12.5 Å². The van der Waals surface area contributed by atoms with E-state index in [1.807, 2.05) is 6.92 Å². The van der Waals surface area contributed by atoms with E-state index in [0.29, 0.717) is 12.1 Å². The van der Waals surface area contributed by atoms with E-state index in [4.69, 9.17) is 4.74 Å². The highest BCUT2D eigenvalue weighted by atomic mass is 16.5. The van der Waals surface area contributed by atoms with E-state index in [2.05, 4.69) is 15.2 Å². The van der Waals surface area contributed by atoms with Crippen molar-refractivity contribution in [1.29, 1.82) is 0 Å². The number of anilines is 1. The number of nitrogens with zero attached hydrogens (tertiary/aromatic N) is 2. The van der Waals surface area contributed by atoms with Crippen molar-refractivity contribution in [3.8, 4) is 0 Å². The SMILES string of the molecule is CCC(C)(OC)C(=O)Nc1cnn(CC(=O)OC)c1. The van der Waals surface area contributed by atoms with Gasteiger partial charge in [0.1, 0.15) is 12.1 Å². The van der Waals surface area contributed by atoms with Crippen LogP contribution in [0.1, 0.15) is 20.3 Å². The van der Waals surface area contributed by atoms with Crippen LogP contribution in [0.3, 0.4) is 0 Å². The van der Waals surface area contributed by atoms with Crippen LogP contribution < -0.4 is 5.32 Å². The summed E-state index contributed by atoms with van der Waals surface area (Å²) in [5.41, 5.74) is -0.379. The van der Waals surface area contributed by atoms with Gasteiger partial charge in [0.15, 0.2) is 0 Å². The van der Waals surface area contributed by atoms with Gasteiger partial charge in [0.25, 0.3) is 5.91 Å². The third kappa shape index (κ3) is 3.78. The third-order valence-corrected chi connectivity index (χ3v) is 3.02. The van der Waals surface area contributed by atoms with Crippen LogP contribution in [0.25, 0.3) is 0 Å². The van der Waals surface area contributed by atoms with Gasteiger partial charge in [-0.25, -0.2) is 0 Å². The third-order valence-electron chi connectivity index (χ3n) is 3.02. The monoisotopic (exact) mass is 269 g/mol. The van der Waals surface area contributed by atoms with E-state index in [0.717, 1.165) is 0 Å². The van der Waals surface area contributed by atoms with E-state index in [9.17, 15) is 9.59 Å². The number of hydrogen-bond donors (Lipinski definition) is 1. The van der Waals surface area contributed by atoms with Gasteiger partial charge >= 0.3 is 5.97 Å². The zero-order valence-corrected chi connectivity index (χ0v) is 11.6. The summed E-state index contributed by atoms with van der Waals surface area (Å²) in [6.45, 7) is 3.58. The molecule has 7 nitrogen and oxygen atoms in total. The number of carbonyl (C=O) groups excluding carboxylic acids is 2. The van der Waals surface area contributed by atoms with Crippen molar-refractivity contribution >= 4 is 17.6 Å². The number of rotatable bonds is 6. The molecule has 0 saturated carbocycles. The number of ether oxygens (including phenoxy) is 2. The lowest BCUT2D eigenvalue weighted by Crippen LogP contribution is -2.41. The minimum Gasteiger partial charge on any atom is -0.468 e.